The molecule has 1 aliphatic heterocycles. The van der Waals surface area contributed by atoms with Crippen LogP contribution in [-0.2, 0) is 4.79 Å². The lowest BCUT2D eigenvalue weighted by molar-refractivity contribution is -0.124. The minimum absolute atomic E-state index is 0.197. The second kappa shape index (κ2) is 6.96. The predicted octanol–water partition coefficient (Wildman–Crippen LogP) is 3.77. The van der Waals surface area contributed by atoms with E-state index in [-0.39, 0.29) is 24.0 Å². The van der Waals surface area contributed by atoms with Gasteiger partial charge in [0.25, 0.3) is 5.91 Å². The molecule has 0 radical (unpaired) electrons. The van der Waals surface area contributed by atoms with Crippen LogP contribution in [0.1, 0.15) is 22.8 Å². The zero-order chi connectivity index (χ0) is 18.1. The van der Waals surface area contributed by atoms with E-state index in [4.69, 9.17) is 0 Å². The highest BCUT2D eigenvalue weighted by Gasteiger charge is 2.36. The summed E-state index contributed by atoms with van der Waals surface area (Å²) in [5, 5.41) is 0. The van der Waals surface area contributed by atoms with E-state index in [1.165, 1.54) is 15.9 Å². The summed E-state index contributed by atoms with van der Waals surface area (Å²) in [6, 6.07) is 11.1. The molecule has 1 aliphatic rings. The number of rotatable bonds is 2. The van der Waals surface area contributed by atoms with Gasteiger partial charge >= 0.3 is 0 Å². The molecular weight excluding hydrogens is 387 g/mol. The Bertz CT molecular complexity index is 823. The Morgan fingerprint density at radius 3 is 2.52 bits per heavy atom. The quantitative estimate of drug-likeness (QED) is 0.763. The first-order valence-corrected chi connectivity index (χ1v) is 8.82. The molecule has 6 heteroatoms. The lowest BCUT2D eigenvalue weighted by Crippen LogP contribution is -2.58. The molecule has 25 heavy (non-hydrogen) atoms. The second-order valence-electron chi connectivity index (χ2n) is 6.13. The Balaban J connectivity index is 1.83. The van der Waals surface area contributed by atoms with Crippen molar-refractivity contribution in [3.63, 3.8) is 0 Å². The van der Waals surface area contributed by atoms with Crippen LogP contribution in [0.15, 0.2) is 46.9 Å². The van der Waals surface area contributed by atoms with E-state index in [2.05, 4.69) is 15.9 Å². The summed E-state index contributed by atoms with van der Waals surface area (Å²) >= 11 is 3.34. The zero-order valence-corrected chi connectivity index (χ0v) is 15.6. The van der Waals surface area contributed by atoms with Crippen LogP contribution in [0.4, 0.5) is 10.1 Å². The summed E-state index contributed by atoms with van der Waals surface area (Å²) in [6.07, 6.45) is 0. The van der Waals surface area contributed by atoms with Crippen LogP contribution in [-0.4, -0.2) is 35.8 Å². The minimum Gasteiger partial charge on any atom is -0.325 e. The summed E-state index contributed by atoms with van der Waals surface area (Å²) in [5.41, 5.74) is 1.68. The number of nitrogens with zero attached hydrogens (tertiary/aromatic N) is 2. The zero-order valence-electron chi connectivity index (χ0n) is 14.0. The predicted molar refractivity (Wildman–Crippen MR) is 98.1 cm³/mol. The number of hydrogen-bond acceptors (Lipinski definition) is 2. The Hall–Kier alpha value is -2.21. The fourth-order valence-corrected chi connectivity index (χ4v) is 3.24. The summed E-state index contributed by atoms with van der Waals surface area (Å²) < 4.78 is 15.0. The highest BCUT2D eigenvalue weighted by molar-refractivity contribution is 9.10. The molecule has 2 aromatic carbocycles. The van der Waals surface area contributed by atoms with Crippen LogP contribution >= 0.6 is 15.9 Å². The fourth-order valence-electron chi connectivity index (χ4n) is 2.97. The van der Waals surface area contributed by atoms with Crippen molar-refractivity contribution in [3.8, 4) is 0 Å². The topological polar surface area (TPSA) is 40.6 Å². The van der Waals surface area contributed by atoms with Crippen LogP contribution in [0.5, 0.6) is 0 Å². The van der Waals surface area contributed by atoms with Crippen molar-refractivity contribution in [1.82, 2.24) is 4.90 Å². The molecule has 0 unspecified atom stereocenters. The molecule has 1 fully saturated rings. The monoisotopic (exact) mass is 404 g/mol. The summed E-state index contributed by atoms with van der Waals surface area (Å²) in [7, 11) is 0. The van der Waals surface area contributed by atoms with Gasteiger partial charge in [-0.1, -0.05) is 22.0 Å². The molecule has 0 saturated carbocycles. The van der Waals surface area contributed by atoms with E-state index in [0.29, 0.717) is 12.1 Å². The molecule has 3 rings (SSSR count). The van der Waals surface area contributed by atoms with E-state index >= 15 is 0 Å². The molecule has 0 aromatic heterocycles. The first-order chi connectivity index (χ1) is 11.9. The van der Waals surface area contributed by atoms with Crippen LogP contribution in [0.25, 0.3) is 0 Å². The molecule has 1 heterocycles. The summed E-state index contributed by atoms with van der Waals surface area (Å²) in [4.78, 5) is 28.4. The lowest BCUT2D eigenvalue weighted by Gasteiger charge is -2.39. The number of aryl methyl sites for hydroxylation is 1. The van der Waals surface area contributed by atoms with E-state index in [1.807, 2.05) is 6.92 Å². The lowest BCUT2D eigenvalue weighted by atomic mass is 10.1. The van der Waals surface area contributed by atoms with E-state index in [9.17, 15) is 14.0 Å². The Kier molecular flexibility index (Phi) is 4.90. The standard InChI is InChI=1S/C19H18BrFN2O2/c1-12-3-8-16(21)17(11-12)23-10-9-22(13(2)18(23)24)19(25)14-4-6-15(20)7-5-14/h3-8,11,13H,9-10H2,1-2H3/t13-/m0/s1. The smallest absolute Gasteiger partial charge is 0.254 e. The van der Waals surface area contributed by atoms with Gasteiger partial charge in [0.2, 0.25) is 5.91 Å². The number of amides is 2. The molecule has 1 atom stereocenters. The summed E-state index contributed by atoms with van der Waals surface area (Å²) in [5.74, 6) is -0.905. The number of piperazine rings is 1. The van der Waals surface area contributed by atoms with Gasteiger partial charge in [0.05, 0.1) is 5.69 Å². The fraction of sp³-hybridized carbons (Fsp3) is 0.263. The third-order valence-corrected chi connectivity index (χ3v) is 4.93. The molecule has 2 amide bonds. The van der Waals surface area contributed by atoms with Gasteiger partial charge in [-0.15, -0.1) is 0 Å². The maximum Gasteiger partial charge on any atom is 0.254 e. The Morgan fingerprint density at radius 1 is 1.16 bits per heavy atom. The average molecular weight is 405 g/mol. The number of anilines is 1. The van der Waals surface area contributed by atoms with E-state index < -0.39 is 11.9 Å². The first-order valence-electron chi connectivity index (χ1n) is 8.02. The largest absolute Gasteiger partial charge is 0.325 e. The highest BCUT2D eigenvalue weighted by atomic mass is 79.9. The number of halogens is 2. The van der Waals surface area contributed by atoms with Gasteiger partial charge in [0.1, 0.15) is 11.9 Å². The van der Waals surface area contributed by atoms with E-state index in [1.54, 1.807) is 43.3 Å². The van der Waals surface area contributed by atoms with Crippen LogP contribution in [0, 0.1) is 12.7 Å². The van der Waals surface area contributed by atoms with Crippen LogP contribution in [0.3, 0.4) is 0 Å². The SMILES string of the molecule is Cc1ccc(F)c(N2CCN(C(=O)c3ccc(Br)cc3)[C@@H](C)C2=O)c1. The molecule has 130 valence electrons. The van der Waals surface area contributed by atoms with Gasteiger partial charge in [-0.2, -0.15) is 0 Å². The Morgan fingerprint density at radius 2 is 1.84 bits per heavy atom. The maximum atomic E-state index is 14.1. The van der Waals surface area contributed by atoms with Crippen molar-refractivity contribution in [2.24, 2.45) is 0 Å². The normalized spacial score (nSPS) is 17.8. The van der Waals surface area contributed by atoms with Crippen molar-refractivity contribution in [3.05, 3.63) is 63.9 Å². The highest BCUT2D eigenvalue weighted by Crippen LogP contribution is 2.25. The summed E-state index contributed by atoms with van der Waals surface area (Å²) in [6.45, 7) is 4.16. The molecule has 4 nitrogen and oxygen atoms in total. The van der Waals surface area contributed by atoms with Crippen molar-refractivity contribution >= 4 is 33.4 Å². The molecular formula is C19H18BrFN2O2. The molecule has 0 N–H and O–H groups in total. The van der Waals surface area contributed by atoms with Crippen LogP contribution in [0.2, 0.25) is 0 Å². The van der Waals surface area contributed by atoms with E-state index in [0.717, 1.165) is 10.0 Å². The third kappa shape index (κ3) is 3.44. The van der Waals surface area contributed by atoms with Gasteiger partial charge in [0.15, 0.2) is 0 Å². The Labute approximate surface area is 154 Å². The number of carbonyl (C=O) groups excluding carboxylic acids is 2. The molecule has 0 aliphatic carbocycles. The van der Waals surface area contributed by atoms with Crippen molar-refractivity contribution in [2.75, 3.05) is 18.0 Å². The number of carbonyl (C=O) groups is 2. The molecule has 0 spiro atoms. The van der Waals surface area contributed by atoms with Gasteiger partial charge in [-0.3, -0.25) is 9.59 Å². The van der Waals surface area contributed by atoms with Gasteiger partial charge < -0.3 is 9.80 Å². The molecule has 2 aromatic rings. The molecule has 0 bridgehead atoms. The average Bonchev–Trinajstić information content (AvgIpc) is 2.60. The third-order valence-electron chi connectivity index (χ3n) is 4.40. The van der Waals surface area contributed by atoms with Crippen LogP contribution < -0.4 is 4.90 Å². The number of hydrogen-bond donors (Lipinski definition) is 0. The first kappa shape index (κ1) is 17.6. The van der Waals surface area contributed by atoms with Crippen molar-refractivity contribution in [2.45, 2.75) is 19.9 Å². The minimum atomic E-state index is -0.648. The van der Waals surface area contributed by atoms with Gasteiger partial charge in [-0.05, 0) is 55.8 Å². The van der Waals surface area contributed by atoms with Crippen molar-refractivity contribution < 1.29 is 14.0 Å². The van der Waals surface area contributed by atoms with Crippen molar-refractivity contribution in [1.29, 1.82) is 0 Å². The van der Waals surface area contributed by atoms with Gasteiger partial charge in [0, 0.05) is 23.1 Å². The van der Waals surface area contributed by atoms with Gasteiger partial charge in [-0.25, -0.2) is 4.39 Å². The molecule has 1 saturated heterocycles. The second-order valence-corrected chi connectivity index (χ2v) is 7.04. The number of benzene rings is 2. The maximum absolute atomic E-state index is 14.1.